The monoisotopic (exact) mass is 558 g/mol. The zero-order valence-electron chi connectivity index (χ0n) is 24.1. The third kappa shape index (κ3) is 6.43. The van der Waals surface area contributed by atoms with E-state index in [4.69, 9.17) is 0 Å². The van der Waals surface area contributed by atoms with E-state index in [1.54, 1.807) is 43.1 Å². The van der Waals surface area contributed by atoms with Crippen LogP contribution in [0.2, 0.25) is 0 Å². The lowest BCUT2D eigenvalue weighted by molar-refractivity contribution is -0.118. The highest BCUT2D eigenvalue weighted by Gasteiger charge is 2.27. The Balaban J connectivity index is 1.59. The molecule has 1 fully saturated rings. The fraction of sp³-hybridized carbons (Fsp3) is 0.400. The molecule has 1 atom stereocenters. The normalized spacial score (nSPS) is 15.2. The number of rotatable bonds is 7. The molecular weight excluding hydrogens is 523 g/mol. The Morgan fingerprint density at radius 3 is 2.68 bits per heavy atom. The number of piperidine rings is 1. The van der Waals surface area contributed by atoms with Gasteiger partial charge in [0.2, 0.25) is 5.91 Å². The van der Waals surface area contributed by atoms with Crippen molar-refractivity contribution >= 4 is 17.5 Å². The molecule has 1 aromatic carbocycles. The van der Waals surface area contributed by atoms with Gasteiger partial charge in [0.15, 0.2) is 5.69 Å². The summed E-state index contributed by atoms with van der Waals surface area (Å²) in [6.45, 7) is 14.1. The van der Waals surface area contributed by atoms with Crippen LogP contribution in [0.5, 0.6) is 0 Å². The zero-order valence-corrected chi connectivity index (χ0v) is 24.1. The van der Waals surface area contributed by atoms with Crippen LogP contribution < -0.4 is 15.5 Å². The van der Waals surface area contributed by atoms with E-state index < -0.39 is 11.7 Å². The summed E-state index contributed by atoms with van der Waals surface area (Å²) in [4.78, 5) is 31.2. The molecule has 0 saturated carbocycles. The van der Waals surface area contributed by atoms with Crippen molar-refractivity contribution in [1.29, 1.82) is 5.26 Å². The first kappa shape index (κ1) is 29.4. The van der Waals surface area contributed by atoms with E-state index in [9.17, 15) is 14.9 Å². The predicted molar refractivity (Wildman–Crippen MR) is 153 cm³/mol. The molecule has 2 aromatic heterocycles. The first-order valence-electron chi connectivity index (χ1n) is 13.5. The minimum Gasteiger partial charge on any atom is -0.368 e. The summed E-state index contributed by atoms with van der Waals surface area (Å²) < 4.78 is 17.6. The molecule has 214 valence electrons. The molecule has 4 rings (SSSR count). The Kier molecular flexibility index (Phi) is 8.52. The van der Waals surface area contributed by atoms with Crippen LogP contribution >= 0.6 is 0 Å². The molecule has 0 bridgehead atoms. The number of carbonyl (C=O) groups is 2. The molecule has 0 radical (unpaired) electrons. The summed E-state index contributed by atoms with van der Waals surface area (Å²) in [5.41, 5.74) is 2.84. The second-order valence-electron chi connectivity index (χ2n) is 11.3. The highest BCUT2D eigenvalue weighted by Crippen LogP contribution is 2.37. The van der Waals surface area contributed by atoms with Gasteiger partial charge in [0.1, 0.15) is 11.9 Å². The summed E-state index contributed by atoms with van der Waals surface area (Å²) in [5, 5.41) is 23.6. The number of amides is 2. The van der Waals surface area contributed by atoms with Crippen LogP contribution in [0.15, 0.2) is 42.9 Å². The Hall–Kier alpha value is -4.59. The third-order valence-electron chi connectivity index (χ3n) is 7.15. The Bertz CT molecular complexity index is 1530. The standard InChI is InChI=1S/C30H35FN8O2/c1-18(2)28(40)35-22-8-7-11-38(16-22)25-15-33-13-21(12-32)26(25)23-10-9-20(19(3)27(23)31)14-34-29(41)24-17-39(37-36-24)30(4,5)6/h9-10,13,15,17,22H,1,7-8,11,14,16H2,2-6H3,(H,34,41)(H,35,40)/t22-/m1/s1. The van der Waals surface area contributed by atoms with Crippen LogP contribution in [0, 0.1) is 24.1 Å². The fourth-order valence-corrected chi connectivity index (χ4v) is 4.75. The second kappa shape index (κ2) is 11.9. The van der Waals surface area contributed by atoms with Crippen molar-refractivity contribution in [3.8, 4) is 17.2 Å². The van der Waals surface area contributed by atoms with E-state index in [0.29, 0.717) is 41.0 Å². The zero-order chi connectivity index (χ0) is 29.9. The number of pyridine rings is 1. The van der Waals surface area contributed by atoms with Crippen molar-refractivity contribution < 1.29 is 14.0 Å². The van der Waals surface area contributed by atoms with Gasteiger partial charge >= 0.3 is 0 Å². The smallest absolute Gasteiger partial charge is 0.273 e. The first-order chi connectivity index (χ1) is 19.4. The van der Waals surface area contributed by atoms with Gasteiger partial charge in [-0.1, -0.05) is 23.9 Å². The maximum Gasteiger partial charge on any atom is 0.273 e. The molecule has 0 spiro atoms. The van der Waals surface area contributed by atoms with E-state index in [0.717, 1.165) is 12.8 Å². The number of carbonyl (C=O) groups excluding carboxylic acids is 2. The lowest BCUT2D eigenvalue weighted by Crippen LogP contribution is -2.48. The number of benzene rings is 1. The van der Waals surface area contributed by atoms with Gasteiger partial charge in [-0.3, -0.25) is 14.6 Å². The number of aromatic nitrogens is 4. The summed E-state index contributed by atoms with van der Waals surface area (Å²) in [6, 6.07) is 5.41. The molecule has 2 N–H and O–H groups in total. The number of nitrogens with one attached hydrogen (secondary N) is 2. The van der Waals surface area contributed by atoms with E-state index in [1.807, 2.05) is 25.7 Å². The topological polar surface area (TPSA) is 129 Å². The van der Waals surface area contributed by atoms with Crippen LogP contribution in [0.4, 0.5) is 10.1 Å². The number of halogens is 1. The molecule has 41 heavy (non-hydrogen) atoms. The lowest BCUT2D eigenvalue weighted by Gasteiger charge is -2.36. The van der Waals surface area contributed by atoms with Crippen LogP contribution in [0.1, 0.15) is 67.7 Å². The SMILES string of the molecule is C=C(C)C(=O)N[C@@H]1CCCN(c2cncc(C#N)c2-c2ccc(CNC(=O)c3cn(C(C)(C)C)nn3)c(C)c2F)C1. The molecule has 3 aromatic rings. The minimum atomic E-state index is -0.483. The number of anilines is 1. The van der Waals surface area contributed by atoms with E-state index in [1.165, 1.54) is 6.20 Å². The van der Waals surface area contributed by atoms with Crippen LogP contribution in [0.25, 0.3) is 11.1 Å². The van der Waals surface area contributed by atoms with Gasteiger partial charge in [-0.15, -0.1) is 5.10 Å². The molecule has 0 aliphatic carbocycles. The highest BCUT2D eigenvalue weighted by atomic mass is 19.1. The summed E-state index contributed by atoms with van der Waals surface area (Å²) >= 11 is 0. The summed E-state index contributed by atoms with van der Waals surface area (Å²) in [7, 11) is 0. The third-order valence-corrected chi connectivity index (χ3v) is 7.15. The molecule has 10 nitrogen and oxygen atoms in total. The number of nitriles is 1. The molecule has 1 aliphatic heterocycles. The average Bonchev–Trinajstić information content (AvgIpc) is 3.45. The molecule has 3 heterocycles. The predicted octanol–water partition coefficient (Wildman–Crippen LogP) is 4.01. The van der Waals surface area contributed by atoms with Gasteiger partial charge in [0, 0.05) is 48.6 Å². The van der Waals surface area contributed by atoms with Gasteiger partial charge in [-0.05, 0) is 58.6 Å². The maximum absolute atomic E-state index is 16.0. The molecular formula is C30H35FN8O2. The largest absolute Gasteiger partial charge is 0.368 e. The lowest BCUT2D eigenvalue weighted by atomic mass is 9.94. The van der Waals surface area contributed by atoms with Crippen molar-refractivity contribution in [2.24, 2.45) is 0 Å². The minimum absolute atomic E-state index is 0.0920. The molecule has 0 unspecified atom stereocenters. The van der Waals surface area contributed by atoms with Crippen molar-refractivity contribution in [3.63, 3.8) is 0 Å². The average molecular weight is 559 g/mol. The second-order valence-corrected chi connectivity index (χ2v) is 11.3. The Morgan fingerprint density at radius 1 is 1.27 bits per heavy atom. The summed E-state index contributed by atoms with van der Waals surface area (Å²) in [6.07, 6.45) is 6.25. The quantitative estimate of drug-likeness (QED) is 0.419. The molecule has 1 saturated heterocycles. The van der Waals surface area contributed by atoms with Gasteiger partial charge in [0.05, 0.1) is 29.2 Å². The number of hydrogen-bond acceptors (Lipinski definition) is 7. The van der Waals surface area contributed by atoms with Crippen LogP contribution in [0.3, 0.4) is 0 Å². The van der Waals surface area contributed by atoms with Gasteiger partial charge in [-0.25, -0.2) is 9.07 Å². The van der Waals surface area contributed by atoms with Gasteiger partial charge in [-0.2, -0.15) is 5.26 Å². The van der Waals surface area contributed by atoms with Crippen molar-refractivity contribution in [2.45, 2.75) is 65.6 Å². The van der Waals surface area contributed by atoms with Gasteiger partial charge < -0.3 is 15.5 Å². The highest BCUT2D eigenvalue weighted by molar-refractivity contribution is 5.92. The van der Waals surface area contributed by atoms with E-state index in [2.05, 4.69) is 38.6 Å². The van der Waals surface area contributed by atoms with Gasteiger partial charge in [0.25, 0.3) is 5.91 Å². The molecule has 11 heteroatoms. The van der Waals surface area contributed by atoms with Crippen LogP contribution in [-0.2, 0) is 16.9 Å². The first-order valence-corrected chi connectivity index (χ1v) is 13.5. The van der Waals surface area contributed by atoms with Crippen molar-refractivity contribution in [2.75, 3.05) is 18.0 Å². The Labute approximate surface area is 239 Å². The molecule has 1 aliphatic rings. The van der Waals surface area contributed by atoms with Crippen LogP contribution in [-0.4, -0.2) is 50.9 Å². The Morgan fingerprint density at radius 2 is 2.02 bits per heavy atom. The molecule has 2 amide bonds. The van der Waals surface area contributed by atoms with Crippen molar-refractivity contribution in [3.05, 3.63) is 71.1 Å². The maximum atomic E-state index is 16.0. The van der Waals surface area contributed by atoms with E-state index >= 15 is 4.39 Å². The van der Waals surface area contributed by atoms with E-state index in [-0.39, 0.29) is 40.9 Å². The summed E-state index contributed by atoms with van der Waals surface area (Å²) in [5.74, 6) is -1.10. The van der Waals surface area contributed by atoms with Crippen molar-refractivity contribution in [1.82, 2.24) is 30.6 Å². The fourth-order valence-electron chi connectivity index (χ4n) is 4.75. The number of nitrogens with zero attached hydrogens (tertiary/aromatic N) is 6. The number of hydrogen-bond donors (Lipinski definition) is 2.